The van der Waals surface area contributed by atoms with E-state index in [0.717, 1.165) is 28.0 Å². The molecule has 0 bridgehead atoms. The molecular formula is C17H13BrO2. The van der Waals surface area contributed by atoms with Crippen LogP contribution in [-0.2, 0) is 0 Å². The SMILES string of the molecule is COc1ccc(C=C2C(=O)c3ccccc3C2Br)cc1. The molecule has 0 aromatic heterocycles. The quantitative estimate of drug-likeness (QED) is 0.602. The summed E-state index contributed by atoms with van der Waals surface area (Å²) in [5.74, 6) is 0.905. The number of methoxy groups -OCH3 is 1. The molecule has 1 unspecified atom stereocenters. The van der Waals surface area contributed by atoms with Gasteiger partial charge in [-0.25, -0.2) is 0 Å². The highest BCUT2D eigenvalue weighted by Crippen LogP contribution is 2.42. The normalized spacial score (nSPS) is 19.2. The number of ether oxygens (including phenoxy) is 1. The summed E-state index contributed by atoms with van der Waals surface area (Å²) >= 11 is 3.62. The third kappa shape index (κ3) is 2.18. The molecule has 0 fully saturated rings. The van der Waals surface area contributed by atoms with Gasteiger partial charge < -0.3 is 4.74 Å². The van der Waals surface area contributed by atoms with E-state index in [1.54, 1.807) is 7.11 Å². The van der Waals surface area contributed by atoms with Gasteiger partial charge in [-0.05, 0) is 29.3 Å². The lowest BCUT2D eigenvalue weighted by molar-refractivity contribution is 0.104. The number of fused-ring (bicyclic) bond motifs is 1. The number of hydrogen-bond acceptors (Lipinski definition) is 2. The van der Waals surface area contributed by atoms with Crippen LogP contribution in [0.5, 0.6) is 5.75 Å². The average molecular weight is 329 g/mol. The van der Waals surface area contributed by atoms with E-state index < -0.39 is 0 Å². The van der Waals surface area contributed by atoms with E-state index in [4.69, 9.17) is 4.74 Å². The molecule has 2 aromatic carbocycles. The molecule has 0 N–H and O–H groups in total. The van der Waals surface area contributed by atoms with Gasteiger partial charge in [-0.15, -0.1) is 0 Å². The van der Waals surface area contributed by atoms with Crippen LogP contribution in [0, 0.1) is 0 Å². The van der Waals surface area contributed by atoms with Crippen molar-refractivity contribution in [3.63, 3.8) is 0 Å². The van der Waals surface area contributed by atoms with Crippen LogP contribution in [-0.4, -0.2) is 12.9 Å². The molecule has 0 saturated heterocycles. The molecular weight excluding hydrogens is 316 g/mol. The minimum Gasteiger partial charge on any atom is -0.497 e. The van der Waals surface area contributed by atoms with E-state index in [0.29, 0.717) is 0 Å². The van der Waals surface area contributed by atoms with Crippen molar-refractivity contribution in [2.75, 3.05) is 7.11 Å². The highest BCUT2D eigenvalue weighted by molar-refractivity contribution is 9.09. The second-order valence-corrected chi connectivity index (χ2v) is 5.57. The van der Waals surface area contributed by atoms with Gasteiger partial charge in [-0.3, -0.25) is 4.79 Å². The number of hydrogen-bond donors (Lipinski definition) is 0. The summed E-state index contributed by atoms with van der Waals surface area (Å²) in [6.07, 6.45) is 1.93. The van der Waals surface area contributed by atoms with Crippen LogP contribution < -0.4 is 4.74 Å². The number of halogens is 1. The number of rotatable bonds is 2. The Morgan fingerprint density at radius 2 is 1.80 bits per heavy atom. The number of benzene rings is 2. The van der Waals surface area contributed by atoms with Gasteiger partial charge in [0, 0.05) is 11.1 Å². The second-order valence-electron chi connectivity index (χ2n) is 4.65. The smallest absolute Gasteiger partial charge is 0.190 e. The fourth-order valence-electron chi connectivity index (χ4n) is 2.38. The number of alkyl halides is 1. The van der Waals surface area contributed by atoms with Crippen LogP contribution in [0.1, 0.15) is 26.3 Å². The molecule has 0 aliphatic heterocycles. The first-order valence-corrected chi connectivity index (χ1v) is 7.25. The average Bonchev–Trinajstić information content (AvgIpc) is 2.74. The maximum atomic E-state index is 12.4. The van der Waals surface area contributed by atoms with Gasteiger partial charge in [0.2, 0.25) is 0 Å². The van der Waals surface area contributed by atoms with Crippen molar-refractivity contribution in [3.05, 3.63) is 70.8 Å². The molecule has 1 atom stereocenters. The Balaban J connectivity index is 1.99. The zero-order valence-electron chi connectivity index (χ0n) is 11.0. The molecule has 1 aliphatic carbocycles. The summed E-state index contributed by atoms with van der Waals surface area (Å²) < 4.78 is 5.14. The molecule has 2 aromatic rings. The second kappa shape index (κ2) is 5.25. The Hall–Kier alpha value is -1.87. The summed E-state index contributed by atoms with van der Waals surface area (Å²) in [5, 5.41) is 0. The minimum atomic E-state index is -0.0340. The number of ketones is 1. The molecule has 1 aliphatic rings. The van der Waals surface area contributed by atoms with Crippen molar-refractivity contribution < 1.29 is 9.53 Å². The molecule has 0 spiro atoms. The maximum absolute atomic E-state index is 12.4. The minimum absolute atomic E-state index is 0.0340. The highest BCUT2D eigenvalue weighted by atomic mass is 79.9. The van der Waals surface area contributed by atoms with Crippen molar-refractivity contribution in [2.45, 2.75) is 4.83 Å². The van der Waals surface area contributed by atoms with Gasteiger partial charge in [0.1, 0.15) is 5.75 Å². The van der Waals surface area contributed by atoms with E-state index >= 15 is 0 Å². The van der Waals surface area contributed by atoms with Crippen LogP contribution in [0.2, 0.25) is 0 Å². The Morgan fingerprint density at radius 3 is 2.45 bits per heavy atom. The van der Waals surface area contributed by atoms with Gasteiger partial charge in [-0.2, -0.15) is 0 Å². The summed E-state index contributed by atoms with van der Waals surface area (Å²) in [7, 11) is 1.64. The third-order valence-corrected chi connectivity index (χ3v) is 4.44. The predicted octanol–water partition coefficient (Wildman–Crippen LogP) is 4.41. The lowest BCUT2D eigenvalue weighted by Gasteiger charge is -2.04. The van der Waals surface area contributed by atoms with Crippen LogP contribution >= 0.6 is 15.9 Å². The monoisotopic (exact) mass is 328 g/mol. The number of carbonyl (C=O) groups is 1. The lowest BCUT2D eigenvalue weighted by Crippen LogP contribution is -1.96. The molecule has 3 heteroatoms. The van der Waals surface area contributed by atoms with Gasteiger partial charge in [-0.1, -0.05) is 52.3 Å². The van der Waals surface area contributed by atoms with Gasteiger partial charge >= 0.3 is 0 Å². The van der Waals surface area contributed by atoms with E-state index in [1.807, 2.05) is 54.6 Å². The first kappa shape index (κ1) is 13.1. The molecule has 3 rings (SSSR count). The van der Waals surface area contributed by atoms with Crippen LogP contribution in [0.25, 0.3) is 6.08 Å². The maximum Gasteiger partial charge on any atom is 0.190 e. The van der Waals surface area contributed by atoms with Crippen molar-refractivity contribution in [1.82, 2.24) is 0 Å². The summed E-state index contributed by atoms with van der Waals surface area (Å²) in [6, 6.07) is 15.4. The Labute approximate surface area is 126 Å². The van der Waals surface area contributed by atoms with E-state index in [1.165, 1.54) is 0 Å². The van der Waals surface area contributed by atoms with E-state index in [9.17, 15) is 4.79 Å². The first-order valence-electron chi connectivity index (χ1n) is 6.34. The van der Waals surface area contributed by atoms with Gasteiger partial charge in [0.15, 0.2) is 5.78 Å². The van der Waals surface area contributed by atoms with Gasteiger partial charge in [0.25, 0.3) is 0 Å². The van der Waals surface area contributed by atoms with Crippen LogP contribution in [0.15, 0.2) is 54.1 Å². The molecule has 0 saturated carbocycles. The molecule has 100 valence electrons. The first-order chi connectivity index (χ1) is 9.70. The Kier molecular flexibility index (Phi) is 3.45. The Morgan fingerprint density at radius 1 is 1.10 bits per heavy atom. The molecule has 0 radical (unpaired) electrons. The highest BCUT2D eigenvalue weighted by Gasteiger charge is 2.32. The topological polar surface area (TPSA) is 26.3 Å². The summed E-state index contributed by atoms with van der Waals surface area (Å²) in [6.45, 7) is 0. The summed E-state index contributed by atoms with van der Waals surface area (Å²) in [5.41, 5.74) is 3.59. The number of carbonyl (C=O) groups excluding carboxylic acids is 1. The Bertz CT molecular complexity index is 686. The third-order valence-electron chi connectivity index (χ3n) is 3.45. The molecule has 20 heavy (non-hydrogen) atoms. The van der Waals surface area contributed by atoms with Crippen LogP contribution in [0.3, 0.4) is 0 Å². The zero-order chi connectivity index (χ0) is 14.1. The number of Topliss-reactive ketones (excluding diaryl/α,β-unsaturated/α-hetero) is 1. The molecule has 2 nitrogen and oxygen atoms in total. The molecule has 0 heterocycles. The van der Waals surface area contributed by atoms with Crippen molar-refractivity contribution in [3.8, 4) is 5.75 Å². The van der Waals surface area contributed by atoms with E-state index in [2.05, 4.69) is 15.9 Å². The fourth-order valence-corrected chi connectivity index (χ4v) is 3.12. The fraction of sp³-hybridized carbons (Fsp3) is 0.118. The zero-order valence-corrected chi connectivity index (χ0v) is 12.6. The van der Waals surface area contributed by atoms with Crippen molar-refractivity contribution >= 4 is 27.8 Å². The van der Waals surface area contributed by atoms with Crippen molar-refractivity contribution in [2.24, 2.45) is 0 Å². The predicted molar refractivity (Wildman–Crippen MR) is 83.4 cm³/mol. The standard InChI is InChI=1S/C17H13BrO2/c1-20-12-8-6-11(7-9-12)10-15-16(18)13-4-2-3-5-14(13)17(15)19/h2-10,16H,1H3. The van der Waals surface area contributed by atoms with Crippen LogP contribution in [0.4, 0.5) is 0 Å². The largest absolute Gasteiger partial charge is 0.497 e. The summed E-state index contributed by atoms with van der Waals surface area (Å²) in [4.78, 5) is 12.4. The van der Waals surface area contributed by atoms with Gasteiger partial charge in [0.05, 0.1) is 11.9 Å². The lowest BCUT2D eigenvalue weighted by atomic mass is 10.1. The van der Waals surface area contributed by atoms with Crippen molar-refractivity contribution in [1.29, 1.82) is 0 Å². The number of allylic oxidation sites excluding steroid dienone is 1. The van der Waals surface area contributed by atoms with E-state index in [-0.39, 0.29) is 10.6 Å². The molecule has 0 amide bonds.